The fraction of sp³-hybridized carbons (Fsp3) is 0.528. The molecule has 3 rings (SSSR count). The van der Waals surface area contributed by atoms with Crippen molar-refractivity contribution in [2.24, 2.45) is 11.3 Å². The molecule has 7 nitrogen and oxygen atoms in total. The number of benzene rings is 2. The van der Waals surface area contributed by atoms with Crippen LogP contribution in [0.1, 0.15) is 104 Å². The molecule has 0 aliphatic carbocycles. The molecule has 2 aromatic carbocycles. The Balaban J connectivity index is 1.73. The summed E-state index contributed by atoms with van der Waals surface area (Å²) in [5, 5.41) is 9.56. The van der Waals surface area contributed by atoms with Crippen molar-refractivity contribution in [2.75, 3.05) is 18.0 Å². The number of hydrogen-bond acceptors (Lipinski definition) is 4. The van der Waals surface area contributed by atoms with Crippen molar-refractivity contribution in [3.63, 3.8) is 0 Å². The van der Waals surface area contributed by atoms with Crippen molar-refractivity contribution >= 4 is 34.7 Å². The summed E-state index contributed by atoms with van der Waals surface area (Å²) in [6, 6.07) is 16.4. The molecule has 0 bridgehead atoms. The smallest absolute Gasteiger partial charge is 0.229 e. The molecular formula is C36H52N4O3. The molecule has 1 heterocycles. The number of carbonyl (C=O) groups is 3. The van der Waals surface area contributed by atoms with Gasteiger partial charge in [0, 0.05) is 54.7 Å². The Hall–Kier alpha value is -3.61. The highest BCUT2D eigenvalue weighted by Crippen LogP contribution is 2.37. The Morgan fingerprint density at radius 3 is 2.16 bits per heavy atom. The number of anilines is 1. The van der Waals surface area contributed by atoms with Crippen LogP contribution in [0.2, 0.25) is 0 Å². The Kier molecular flexibility index (Phi) is 11.6. The van der Waals surface area contributed by atoms with E-state index in [4.69, 9.17) is 0 Å². The van der Waals surface area contributed by atoms with Crippen molar-refractivity contribution < 1.29 is 14.4 Å². The van der Waals surface area contributed by atoms with E-state index in [-0.39, 0.29) is 48.1 Å². The SMILES string of the molecule is C/C1=C(\NCC(C)CC(C)(C)C)c2ccccc2CN(C(=O)CCNC(=O)CCCC(=O)NC(C)(C)C)c2ccccc21. The van der Waals surface area contributed by atoms with E-state index in [0.717, 1.165) is 46.6 Å². The molecule has 7 heteroatoms. The Bertz CT molecular complexity index is 1320. The third-order valence-corrected chi connectivity index (χ3v) is 7.46. The fourth-order valence-corrected chi connectivity index (χ4v) is 5.79. The molecule has 2 aromatic rings. The summed E-state index contributed by atoms with van der Waals surface area (Å²) < 4.78 is 0. The molecule has 43 heavy (non-hydrogen) atoms. The van der Waals surface area contributed by atoms with Gasteiger partial charge in [-0.3, -0.25) is 14.4 Å². The van der Waals surface area contributed by atoms with Crippen LogP contribution in [-0.4, -0.2) is 36.3 Å². The Morgan fingerprint density at radius 2 is 1.49 bits per heavy atom. The van der Waals surface area contributed by atoms with Crippen LogP contribution in [-0.2, 0) is 20.9 Å². The second-order valence-corrected chi connectivity index (χ2v) is 14.2. The monoisotopic (exact) mass is 588 g/mol. The highest BCUT2D eigenvalue weighted by atomic mass is 16.2. The molecule has 234 valence electrons. The Labute approximate surface area is 258 Å². The second kappa shape index (κ2) is 14.7. The van der Waals surface area contributed by atoms with E-state index in [2.05, 4.69) is 68.8 Å². The molecule has 0 fully saturated rings. The first-order valence-electron chi connectivity index (χ1n) is 15.6. The molecule has 0 saturated carbocycles. The number of fused-ring (bicyclic) bond motifs is 2. The molecule has 1 atom stereocenters. The van der Waals surface area contributed by atoms with Crippen LogP contribution in [0, 0.1) is 11.3 Å². The minimum atomic E-state index is -0.289. The van der Waals surface area contributed by atoms with Gasteiger partial charge < -0.3 is 20.9 Å². The largest absolute Gasteiger partial charge is 0.384 e. The van der Waals surface area contributed by atoms with Crippen LogP contribution in [0.25, 0.3) is 11.3 Å². The molecule has 0 radical (unpaired) electrons. The first kappa shape index (κ1) is 33.9. The molecule has 0 spiro atoms. The van der Waals surface area contributed by atoms with Crippen molar-refractivity contribution in [1.29, 1.82) is 0 Å². The number of amides is 3. The maximum Gasteiger partial charge on any atom is 0.229 e. The van der Waals surface area contributed by atoms with Crippen molar-refractivity contribution in [3.8, 4) is 0 Å². The van der Waals surface area contributed by atoms with E-state index in [1.165, 1.54) is 0 Å². The number of hydrogen-bond donors (Lipinski definition) is 3. The highest BCUT2D eigenvalue weighted by molar-refractivity contribution is 6.01. The molecule has 3 amide bonds. The van der Waals surface area contributed by atoms with Gasteiger partial charge in [-0.05, 0) is 69.1 Å². The van der Waals surface area contributed by atoms with Gasteiger partial charge in [0.15, 0.2) is 0 Å². The quantitative estimate of drug-likeness (QED) is 0.273. The van der Waals surface area contributed by atoms with Gasteiger partial charge in [-0.2, -0.15) is 0 Å². The standard InChI is InChI=1S/C36H52N4O3/c1-25(22-35(3,4)5)23-38-34-26(2)28-15-11-12-17-30(28)40(24-27-14-9-10-16-29(27)34)33(43)20-21-37-31(41)18-13-19-32(42)39-36(6,7)8/h9-12,14-17,25,38H,13,18-24H2,1-8H3,(H,37,41)(H,39,42)/b34-26+. The van der Waals surface area contributed by atoms with E-state index in [0.29, 0.717) is 25.3 Å². The molecule has 0 saturated heterocycles. The van der Waals surface area contributed by atoms with Gasteiger partial charge in [-0.1, -0.05) is 70.2 Å². The van der Waals surface area contributed by atoms with Crippen molar-refractivity contribution in [1.82, 2.24) is 16.0 Å². The lowest BCUT2D eigenvalue weighted by Crippen LogP contribution is -2.40. The summed E-state index contributed by atoms with van der Waals surface area (Å²) in [5.74, 6) is 0.246. The molecule has 3 N–H and O–H groups in total. The summed E-state index contributed by atoms with van der Waals surface area (Å²) in [5.41, 5.74) is 6.27. The molecule has 0 aromatic heterocycles. The predicted molar refractivity (Wildman–Crippen MR) is 177 cm³/mol. The zero-order chi connectivity index (χ0) is 31.8. The van der Waals surface area contributed by atoms with E-state index in [9.17, 15) is 14.4 Å². The normalized spacial score (nSPS) is 15.9. The fourth-order valence-electron chi connectivity index (χ4n) is 5.79. The third kappa shape index (κ3) is 10.6. The molecule has 1 aliphatic heterocycles. The number of rotatable bonds is 11. The number of para-hydroxylation sites is 1. The lowest BCUT2D eigenvalue weighted by atomic mass is 9.85. The molecular weight excluding hydrogens is 536 g/mol. The van der Waals surface area contributed by atoms with Gasteiger partial charge in [0.25, 0.3) is 0 Å². The van der Waals surface area contributed by atoms with Gasteiger partial charge >= 0.3 is 0 Å². The van der Waals surface area contributed by atoms with Crippen LogP contribution in [0.3, 0.4) is 0 Å². The van der Waals surface area contributed by atoms with Gasteiger partial charge in [0.1, 0.15) is 0 Å². The van der Waals surface area contributed by atoms with Gasteiger partial charge in [0.05, 0.1) is 12.2 Å². The van der Waals surface area contributed by atoms with Gasteiger partial charge in [-0.15, -0.1) is 0 Å². The average Bonchev–Trinajstić information content (AvgIpc) is 2.89. The number of allylic oxidation sites excluding steroid dienone is 1. The zero-order valence-electron chi connectivity index (χ0n) is 27.5. The second-order valence-electron chi connectivity index (χ2n) is 14.2. The maximum atomic E-state index is 13.7. The number of nitrogens with one attached hydrogen (secondary N) is 3. The van der Waals surface area contributed by atoms with Gasteiger partial charge in [-0.25, -0.2) is 0 Å². The van der Waals surface area contributed by atoms with E-state index >= 15 is 0 Å². The van der Waals surface area contributed by atoms with E-state index in [1.807, 2.05) is 56.0 Å². The van der Waals surface area contributed by atoms with Crippen LogP contribution in [0.4, 0.5) is 5.69 Å². The number of carbonyl (C=O) groups excluding carboxylic acids is 3. The van der Waals surface area contributed by atoms with Crippen molar-refractivity contribution in [2.45, 2.75) is 99.6 Å². The van der Waals surface area contributed by atoms with Crippen LogP contribution >= 0.6 is 0 Å². The molecule has 1 unspecified atom stereocenters. The summed E-state index contributed by atoms with van der Waals surface area (Å²) in [4.78, 5) is 40.0. The number of nitrogens with zero attached hydrogens (tertiary/aromatic N) is 1. The topological polar surface area (TPSA) is 90.5 Å². The average molecular weight is 589 g/mol. The lowest BCUT2D eigenvalue weighted by Gasteiger charge is -2.31. The van der Waals surface area contributed by atoms with Crippen LogP contribution in [0.5, 0.6) is 0 Å². The highest BCUT2D eigenvalue weighted by Gasteiger charge is 2.26. The first-order chi connectivity index (χ1) is 20.1. The Morgan fingerprint density at radius 1 is 0.860 bits per heavy atom. The lowest BCUT2D eigenvalue weighted by molar-refractivity contribution is -0.123. The van der Waals surface area contributed by atoms with E-state index < -0.39 is 0 Å². The van der Waals surface area contributed by atoms with Crippen molar-refractivity contribution in [3.05, 3.63) is 65.2 Å². The summed E-state index contributed by atoms with van der Waals surface area (Å²) in [6.07, 6.45) is 2.32. The summed E-state index contributed by atoms with van der Waals surface area (Å²) in [6.45, 7) is 18.6. The minimum Gasteiger partial charge on any atom is -0.384 e. The summed E-state index contributed by atoms with van der Waals surface area (Å²) >= 11 is 0. The third-order valence-electron chi connectivity index (χ3n) is 7.46. The van der Waals surface area contributed by atoms with E-state index in [1.54, 1.807) is 0 Å². The van der Waals surface area contributed by atoms with Crippen LogP contribution < -0.4 is 20.9 Å². The zero-order valence-corrected chi connectivity index (χ0v) is 27.5. The van der Waals surface area contributed by atoms with Gasteiger partial charge in [0.2, 0.25) is 17.7 Å². The van der Waals surface area contributed by atoms with Crippen LogP contribution in [0.15, 0.2) is 48.5 Å². The predicted octanol–water partition coefficient (Wildman–Crippen LogP) is 6.67. The minimum absolute atomic E-state index is 0.0462. The molecule has 1 aliphatic rings. The first-order valence-corrected chi connectivity index (χ1v) is 15.6. The summed E-state index contributed by atoms with van der Waals surface area (Å²) in [7, 11) is 0. The maximum absolute atomic E-state index is 13.7.